The van der Waals surface area contributed by atoms with Gasteiger partial charge in [0.05, 0.1) is 16.8 Å². The van der Waals surface area contributed by atoms with E-state index in [1.54, 1.807) is 7.05 Å². The number of hydrogen-bond donors (Lipinski definition) is 0. The van der Waals surface area contributed by atoms with Gasteiger partial charge in [-0.1, -0.05) is 22.9 Å². The normalized spacial score (nSPS) is 23.1. The summed E-state index contributed by atoms with van der Waals surface area (Å²) in [4.78, 5) is 0.266. The summed E-state index contributed by atoms with van der Waals surface area (Å²) >= 11 is 3.38. The zero-order valence-electron chi connectivity index (χ0n) is 10.7. The first kappa shape index (κ1) is 16.4. The van der Waals surface area contributed by atoms with Crippen LogP contribution in [0.2, 0.25) is 0 Å². The first-order valence-electron chi connectivity index (χ1n) is 5.95. The van der Waals surface area contributed by atoms with Crippen LogP contribution in [0.5, 0.6) is 0 Å². The Kier molecular flexibility index (Phi) is 5.64. The quantitative estimate of drug-likeness (QED) is 0.684. The van der Waals surface area contributed by atoms with Crippen molar-refractivity contribution in [1.29, 1.82) is 0 Å². The van der Waals surface area contributed by atoms with E-state index in [2.05, 4.69) is 15.9 Å². The highest BCUT2D eigenvalue weighted by molar-refractivity contribution is 9.09. The largest absolute Gasteiger partial charge is 0.229 e. The van der Waals surface area contributed by atoms with Crippen molar-refractivity contribution in [2.75, 3.05) is 25.1 Å². The molecule has 1 aliphatic heterocycles. The highest BCUT2D eigenvalue weighted by Gasteiger charge is 2.35. The smallest absolute Gasteiger partial charge is 0.216 e. The van der Waals surface area contributed by atoms with Crippen molar-refractivity contribution in [3.63, 3.8) is 0 Å². The van der Waals surface area contributed by atoms with Crippen LogP contribution in [0.15, 0.2) is 0 Å². The third kappa shape index (κ3) is 4.47. The average Bonchev–Trinajstić information content (AvgIpc) is 2.25. The Morgan fingerprint density at radius 3 is 2.28 bits per heavy atom. The number of rotatable bonds is 5. The Balaban J connectivity index is 2.64. The molecule has 0 aliphatic carbocycles. The topological polar surface area (TPSA) is 71.5 Å². The van der Waals surface area contributed by atoms with E-state index in [1.165, 1.54) is 4.31 Å². The number of sulfone groups is 1. The fraction of sp³-hybridized carbons (Fsp3) is 1.00. The molecule has 0 amide bonds. The zero-order valence-corrected chi connectivity index (χ0v) is 13.9. The minimum absolute atomic E-state index is 0.0143. The zero-order chi connectivity index (χ0) is 14.0. The third-order valence-electron chi connectivity index (χ3n) is 3.20. The molecule has 1 atom stereocenters. The summed E-state index contributed by atoms with van der Waals surface area (Å²) in [5, 5.41) is -0.545. The monoisotopic (exact) mass is 361 g/mol. The van der Waals surface area contributed by atoms with Crippen LogP contribution in [-0.2, 0) is 19.9 Å². The summed E-state index contributed by atoms with van der Waals surface area (Å²) < 4.78 is 48.4. The maximum absolute atomic E-state index is 12.2. The van der Waals surface area contributed by atoms with Crippen molar-refractivity contribution in [1.82, 2.24) is 4.31 Å². The van der Waals surface area contributed by atoms with Gasteiger partial charge in [-0.2, -0.15) is 0 Å². The summed E-state index contributed by atoms with van der Waals surface area (Å²) in [5.74, 6) is -0.0286. The molecular formula is C10H20BrNO4S2. The molecule has 0 aromatic rings. The summed E-state index contributed by atoms with van der Waals surface area (Å²) in [6, 6.07) is 0. The molecular weight excluding hydrogens is 342 g/mol. The molecule has 5 nitrogen and oxygen atoms in total. The molecule has 1 rings (SSSR count). The maximum Gasteiger partial charge on any atom is 0.216 e. The second-order valence-electron chi connectivity index (χ2n) is 4.79. The molecule has 18 heavy (non-hydrogen) atoms. The van der Waals surface area contributed by atoms with Crippen LogP contribution < -0.4 is 0 Å². The van der Waals surface area contributed by atoms with Gasteiger partial charge in [0.1, 0.15) is 9.84 Å². The van der Waals surface area contributed by atoms with Crippen molar-refractivity contribution in [2.45, 2.75) is 36.3 Å². The highest BCUT2D eigenvalue weighted by Crippen LogP contribution is 2.22. The second-order valence-corrected chi connectivity index (χ2v) is 11.0. The van der Waals surface area contributed by atoms with Crippen LogP contribution in [0.25, 0.3) is 0 Å². The lowest BCUT2D eigenvalue weighted by Crippen LogP contribution is -2.41. The minimum Gasteiger partial charge on any atom is -0.229 e. The van der Waals surface area contributed by atoms with Crippen LogP contribution in [-0.4, -0.2) is 56.3 Å². The van der Waals surface area contributed by atoms with E-state index in [1.807, 2.05) is 6.92 Å². The number of nitrogens with zero attached hydrogens (tertiary/aromatic N) is 1. The van der Waals surface area contributed by atoms with E-state index < -0.39 is 25.1 Å². The summed E-state index contributed by atoms with van der Waals surface area (Å²) in [6.07, 6.45) is 1.18. The molecule has 0 saturated carbocycles. The fourth-order valence-electron chi connectivity index (χ4n) is 1.91. The standard InChI is InChI=1S/C10H20BrNO4S2/c1-9(11)3-6-12(2)18(15,16)10-4-7-17(13,14)8-5-10/h9-10H,3-8H2,1-2H3. The molecule has 1 aliphatic rings. The predicted molar refractivity (Wildman–Crippen MR) is 76.2 cm³/mol. The van der Waals surface area contributed by atoms with Crippen molar-refractivity contribution in [3.8, 4) is 0 Å². The van der Waals surface area contributed by atoms with Gasteiger partial charge in [-0.25, -0.2) is 21.1 Å². The van der Waals surface area contributed by atoms with E-state index >= 15 is 0 Å². The van der Waals surface area contributed by atoms with Gasteiger partial charge in [-0.05, 0) is 19.3 Å². The summed E-state index contributed by atoms with van der Waals surface area (Å²) in [6.45, 7) is 2.42. The van der Waals surface area contributed by atoms with E-state index in [0.717, 1.165) is 6.42 Å². The first-order valence-corrected chi connectivity index (χ1v) is 10.2. The van der Waals surface area contributed by atoms with Crippen LogP contribution in [0.1, 0.15) is 26.2 Å². The minimum atomic E-state index is -3.36. The van der Waals surface area contributed by atoms with Crippen LogP contribution >= 0.6 is 15.9 Å². The summed E-state index contributed by atoms with van der Waals surface area (Å²) in [5.41, 5.74) is 0. The number of alkyl halides is 1. The fourth-order valence-corrected chi connectivity index (χ4v) is 5.60. The molecule has 0 radical (unpaired) electrons. The predicted octanol–water partition coefficient (Wildman–Crippen LogP) is 0.999. The van der Waals surface area contributed by atoms with Crippen LogP contribution in [0.4, 0.5) is 0 Å². The van der Waals surface area contributed by atoms with Gasteiger partial charge in [0.25, 0.3) is 0 Å². The Labute approximate surface area is 118 Å². The highest BCUT2D eigenvalue weighted by atomic mass is 79.9. The van der Waals surface area contributed by atoms with Crippen LogP contribution in [0.3, 0.4) is 0 Å². The number of sulfonamides is 1. The molecule has 8 heteroatoms. The number of halogens is 1. The lowest BCUT2D eigenvalue weighted by molar-refractivity contribution is 0.445. The van der Waals surface area contributed by atoms with Crippen molar-refractivity contribution in [3.05, 3.63) is 0 Å². The molecule has 108 valence electrons. The van der Waals surface area contributed by atoms with Crippen molar-refractivity contribution in [2.24, 2.45) is 0 Å². The number of hydrogen-bond acceptors (Lipinski definition) is 4. The lowest BCUT2D eigenvalue weighted by Gasteiger charge is -2.27. The van der Waals surface area contributed by atoms with Gasteiger partial charge in [-0.3, -0.25) is 0 Å². The molecule has 0 bridgehead atoms. The summed E-state index contributed by atoms with van der Waals surface area (Å²) in [7, 11) is -4.81. The molecule has 0 aromatic carbocycles. The molecule has 1 heterocycles. The Morgan fingerprint density at radius 1 is 1.33 bits per heavy atom. The molecule has 1 saturated heterocycles. The average molecular weight is 362 g/mol. The van der Waals surface area contributed by atoms with Gasteiger partial charge in [0, 0.05) is 18.4 Å². The van der Waals surface area contributed by atoms with E-state index in [4.69, 9.17) is 0 Å². The lowest BCUT2D eigenvalue weighted by atomic mass is 10.2. The first-order chi connectivity index (χ1) is 8.15. The van der Waals surface area contributed by atoms with E-state index in [0.29, 0.717) is 6.54 Å². The van der Waals surface area contributed by atoms with E-state index in [-0.39, 0.29) is 29.2 Å². The van der Waals surface area contributed by atoms with Gasteiger partial charge < -0.3 is 0 Å². The molecule has 1 fully saturated rings. The molecule has 0 aromatic heterocycles. The SMILES string of the molecule is CC(Br)CCN(C)S(=O)(=O)C1CCS(=O)(=O)CC1. The Bertz CT molecular complexity index is 458. The van der Waals surface area contributed by atoms with Crippen molar-refractivity contribution < 1.29 is 16.8 Å². The molecule has 0 N–H and O–H groups in total. The third-order valence-corrected chi connectivity index (χ3v) is 7.74. The Morgan fingerprint density at radius 2 is 1.83 bits per heavy atom. The second kappa shape index (κ2) is 6.19. The van der Waals surface area contributed by atoms with E-state index in [9.17, 15) is 16.8 Å². The van der Waals surface area contributed by atoms with Gasteiger partial charge in [0.15, 0.2) is 0 Å². The van der Waals surface area contributed by atoms with Gasteiger partial charge >= 0.3 is 0 Å². The molecule has 0 spiro atoms. The van der Waals surface area contributed by atoms with Crippen LogP contribution in [0, 0.1) is 0 Å². The van der Waals surface area contributed by atoms with Crippen molar-refractivity contribution >= 4 is 35.8 Å². The maximum atomic E-state index is 12.2. The Hall–Kier alpha value is 0.340. The van der Waals surface area contributed by atoms with Gasteiger partial charge in [-0.15, -0.1) is 0 Å². The van der Waals surface area contributed by atoms with Gasteiger partial charge in [0.2, 0.25) is 10.0 Å². The molecule has 1 unspecified atom stereocenters.